The molecular weight excluding hydrogens is 252 g/mol. The number of hydrogen-bond acceptors (Lipinski definition) is 3. The van der Waals surface area contributed by atoms with Crippen molar-refractivity contribution in [2.45, 2.75) is 33.1 Å². The minimum Gasteiger partial charge on any atom is -0.492 e. The van der Waals surface area contributed by atoms with Crippen LogP contribution in [-0.2, 0) is 14.9 Å². The molecular formula is C14H19ClO3. The van der Waals surface area contributed by atoms with Crippen molar-refractivity contribution in [1.82, 2.24) is 0 Å². The van der Waals surface area contributed by atoms with Crippen molar-refractivity contribution in [2.24, 2.45) is 0 Å². The highest BCUT2D eigenvalue weighted by Gasteiger charge is 2.31. The molecule has 0 saturated heterocycles. The molecule has 0 spiro atoms. The van der Waals surface area contributed by atoms with Gasteiger partial charge in [0.2, 0.25) is 0 Å². The molecule has 3 nitrogen and oxygen atoms in total. The van der Waals surface area contributed by atoms with Crippen molar-refractivity contribution in [3.05, 3.63) is 28.8 Å². The molecule has 18 heavy (non-hydrogen) atoms. The van der Waals surface area contributed by atoms with Crippen molar-refractivity contribution in [3.63, 3.8) is 0 Å². The maximum atomic E-state index is 11.9. The summed E-state index contributed by atoms with van der Waals surface area (Å²) in [7, 11) is 0. The van der Waals surface area contributed by atoms with Crippen molar-refractivity contribution in [3.8, 4) is 5.75 Å². The molecule has 1 aromatic carbocycles. The molecule has 0 aliphatic heterocycles. The third-order valence-electron chi connectivity index (χ3n) is 2.74. The van der Waals surface area contributed by atoms with E-state index in [-0.39, 0.29) is 5.97 Å². The lowest BCUT2D eigenvalue weighted by Gasteiger charge is -2.23. The SMILES string of the molecule is CCOC(=O)C(C)(C)c1ccc(OCC)c(Cl)c1. The standard InChI is InChI=1S/C14H19ClO3/c1-5-17-12-8-7-10(9-11(12)15)14(3,4)13(16)18-6-2/h7-9H,5-6H2,1-4H3. The van der Waals surface area contributed by atoms with Crippen molar-refractivity contribution in [2.75, 3.05) is 13.2 Å². The summed E-state index contributed by atoms with van der Waals surface area (Å²) in [5.41, 5.74) is 0.0964. The van der Waals surface area contributed by atoms with Gasteiger partial charge in [-0.1, -0.05) is 17.7 Å². The zero-order valence-electron chi connectivity index (χ0n) is 11.2. The van der Waals surface area contributed by atoms with E-state index in [4.69, 9.17) is 21.1 Å². The molecule has 0 heterocycles. The van der Waals surface area contributed by atoms with Gasteiger partial charge in [-0.25, -0.2) is 0 Å². The van der Waals surface area contributed by atoms with Gasteiger partial charge in [0.15, 0.2) is 0 Å². The molecule has 1 rings (SSSR count). The first-order chi connectivity index (χ1) is 8.43. The smallest absolute Gasteiger partial charge is 0.315 e. The average molecular weight is 271 g/mol. The largest absolute Gasteiger partial charge is 0.492 e. The highest BCUT2D eigenvalue weighted by Crippen LogP contribution is 2.32. The van der Waals surface area contributed by atoms with Crippen LogP contribution in [0.25, 0.3) is 0 Å². The van der Waals surface area contributed by atoms with Crippen molar-refractivity contribution in [1.29, 1.82) is 0 Å². The molecule has 0 aliphatic carbocycles. The van der Waals surface area contributed by atoms with E-state index in [2.05, 4.69) is 0 Å². The zero-order chi connectivity index (χ0) is 13.8. The maximum absolute atomic E-state index is 11.9. The Morgan fingerprint density at radius 2 is 1.94 bits per heavy atom. The van der Waals surface area contributed by atoms with E-state index in [0.29, 0.717) is 24.0 Å². The van der Waals surface area contributed by atoms with Crippen LogP contribution in [0.2, 0.25) is 5.02 Å². The van der Waals surface area contributed by atoms with Crippen LogP contribution in [0, 0.1) is 0 Å². The normalized spacial score (nSPS) is 11.2. The predicted molar refractivity (Wildman–Crippen MR) is 72.3 cm³/mol. The first kappa shape index (κ1) is 14.8. The minimum atomic E-state index is -0.718. The maximum Gasteiger partial charge on any atom is 0.315 e. The predicted octanol–water partition coefficient (Wildman–Crippen LogP) is 3.58. The number of rotatable bonds is 5. The molecule has 0 atom stereocenters. The summed E-state index contributed by atoms with van der Waals surface area (Å²) in [6.07, 6.45) is 0. The number of carbonyl (C=O) groups excluding carboxylic acids is 1. The zero-order valence-corrected chi connectivity index (χ0v) is 12.0. The third-order valence-corrected chi connectivity index (χ3v) is 3.03. The van der Waals surface area contributed by atoms with E-state index in [1.165, 1.54) is 0 Å². The first-order valence-corrected chi connectivity index (χ1v) is 6.41. The molecule has 0 N–H and O–H groups in total. The Labute approximate surface area is 113 Å². The molecule has 1 aromatic rings. The van der Waals surface area contributed by atoms with Gasteiger partial charge in [0.05, 0.1) is 23.7 Å². The fourth-order valence-electron chi connectivity index (χ4n) is 1.59. The van der Waals surface area contributed by atoms with Gasteiger partial charge in [-0.15, -0.1) is 0 Å². The molecule has 0 aliphatic rings. The summed E-state index contributed by atoms with van der Waals surface area (Å²) in [4.78, 5) is 11.9. The fourth-order valence-corrected chi connectivity index (χ4v) is 1.83. The molecule has 0 amide bonds. The monoisotopic (exact) mass is 270 g/mol. The Hall–Kier alpha value is -1.22. The van der Waals surface area contributed by atoms with Crippen LogP contribution in [-0.4, -0.2) is 19.2 Å². The van der Waals surface area contributed by atoms with Crippen LogP contribution in [0.5, 0.6) is 5.75 Å². The van der Waals surface area contributed by atoms with Crippen molar-refractivity contribution >= 4 is 17.6 Å². The number of benzene rings is 1. The molecule has 0 aromatic heterocycles. The average Bonchev–Trinajstić information content (AvgIpc) is 2.32. The molecule has 4 heteroatoms. The molecule has 0 saturated carbocycles. The number of hydrogen-bond donors (Lipinski definition) is 0. The Morgan fingerprint density at radius 1 is 1.28 bits per heavy atom. The van der Waals surface area contributed by atoms with Crippen LogP contribution >= 0.6 is 11.6 Å². The summed E-state index contributed by atoms with van der Waals surface area (Å²) in [6, 6.07) is 5.37. The van der Waals surface area contributed by atoms with Gasteiger partial charge in [-0.3, -0.25) is 4.79 Å². The molecule has 0 radical (unpaired) electrons. The van der Waals surface area contributed by atoms with E-state index in [1.807, 2.05) is 26.8 Å². The number of ether oxygens (including phenoxy) is 2. The van der Waals surface area contributed by atoms with Gasteiger partial charge in [-0.2, -0.15) is 0 Å². The fraction of sp³-hybridized carbons (Fsp3) is 0.500. The van der Waals surface area contributed by atoms with E-state index in [1.54, 1.807) is 19.1 Å². The minimum absolute atomic E-state index is 0.259. The number of carbonyl (C=O) groups is 1. The Bertz CT molecular complexity index is 427. The van der Waals surface area contributed by atoms with Crippen molar-refractivity contribution < 1.29 is 14.3 Å². The second kappa shape index (κ2) is 6.10. The van der Waals surface area contributed by atoms with Gasteiger partial charge < -0.3 is 9.47 Å². The second-order valence-corrected chi connectivity index (χ2v) is 4.83. The third kappa shape index (κ3) is 3.16. The highest BCUT2D eigenvalue weighted by molar-refractivity contribution is 6.32. The number of halogens is 1. The van der Waals surface area contributed by atoms with E-state index in [0.717, 1.165) is 5.56 Å². The van der Waals surface area contributed by atoms with Crippen LogP contribution in [0.1, 0.15) is 33.3 Å². The first-order valence-electron chi connectivity index (χ1n) is 6.03. The van der Waals surface area contributed by atoms with Gasteiger partial charge in [0.1, 0.15) is 5.75 Å². The Balaban J connectivity index is 3.03. The van der Waals surface area contributed by atoms with Crippen LogP contribution < -0.4 is 4.74 Å². The van der Waals surface area contributed by atoms with Crippen LogP contribution in [0.4, 0.5) is 0 Å². The van der Waals surface area contributed by atoms with Crippen LogP contribution in [0.3, 0.4) is 0 Å². The van der Waals surface area contributed by atoms with Gasteiger partial charge in [0.25, 0.3) is 0 Å². The van der Waals surface area contributed by atoms with E-state index >= 15 is 0 Å². The van der Waals surface area contributed by atoms with E-state index in [9.17, 15) is 4.79 Å². The molecule has 0 unspecified atom stereocenters. The Morgan fingerprint density at radius 3 is 2.44 bits per heavy atom. The second-order valence-electron chi connectivity index (χ2n) is 4.42. The molecule has 0 fully saturated rings. The summed E-state index contributed by atoms with van der Waals surface area (Å²) in [5.74, 6) is 0.368. The number of esters is 1. The highest BCUT2D eigenvalue weighted by atomic mass is 35.5. The van der Waals surface area contributed by atoms with E-state index < -0.39 is 5.41 Å². The lowest BCUT2D eigenvalue weighted by Crippen LogP contribution is -2.31. The topological polar surface area (TPSA) is 35.5 Å². The lowest BCUT2D eigenvalue weighted by molar-refractivity contribution is -0.148. The summed E-state index contributed by atoms with van der Waals surface area (Å²) in [6.45, 7) is 8.24. The molecule has 100 valence electrons. The molecule has 0 bridgehead atoms. The van der Waals surface area contributed by atoms with Gasteiger partial charge >= 0.3 is 5.97 Å². The summed E-state index contributed by atoms with van der Waals surface area (Å²) < 4.78 is 10.4. The Kier molecular flexibility index (Phi) is 5.03. The van der Waals surface area contributed by atoms with Gasteiger partial charge in [0, 0.05) is 0 Å². The summed E-state index contributed by atoms with van der Waals surface area (Å²) in [5, 5.41) is 0.506. The van der Waals surface area contributed by atoms with Gasteiger partial charge in [-0.05, 0) is 45.4 Å². The quantitative estimate of drug-likeness (QED) is 0.767. The summed E-state index contributed by atoms with van der Waals surface area (Å²) >= 11 is 6.12. The lowest BCUT2D eigenvalue weighted by atomic mass is 9.85. The van der Waals surface area contributed by atoms with Crippen LogP contribution in [0.15, 0.2) is 18.2 Å².